The van der Waals surface area contributed by atoms with Crippen molar-refractivity contribution in [2.45, 2.75) is 19.8 Å². The molecule has 0 atom stereocenters. The molecule has 1 fully saturated rings. The van der Waals surface area contributed by atoms with Crippen molar-refractivity contribution in [2.24, 2.45) is 5.92 Å². The SMILES string of the molecule is CC(C)c1ccc(OCC2COCCOC2)c(Br)c1. The Labute approximate surface area is 123 Å². The minimum absolute atomic E-state index is 0.305. The highest BCUT2D eigenvalue weighted by atomic mass is 79.9. The Hall–Kier alpha value is -0.580. The summed E-state index contributed by atoms with van der Waals surface area (Å²) in [5.74, 6) is 1.71. The molecule has 0 N–H and O–H groups in total. The fourth-order valence-electron chi connectivity index (χ4n) is 1.96. The van der Waals surface area contributed by atoms with E-state index in [1.54, 1.807) is 0 Å². The van der Waals surface area contributed by atoms with Crippen LogP contribution in [0.1, 0.15) is 25.3 Å². The summed E-state index contributed by atoms with van der Waals surface area (Å²) in [6, 6.07) is 6.27. The van der Waals surface area contributed by atoms with Gasteiger partial charge in [0.15, 0.2) is 0 Å². The molecule has 1 aliphatic rings. The normalized spacial score (nSPS) is 17.5. The van der Waals surface area contributed by atoms with Crippen LogP contribution in [0.25, 0.3) is 0 Å². The highest BCUT2D eigenvalue weighted by Crippen LogP contribution is 2.29. The van der Waals surface area contributed by atoms with E-state index >= 15 is 0 Å². The van der Waals surface area contributed by atoms with Crippen molar-refractivity contribution in [3.63, 3.8) is 0 Å². The van der Waals surface area contributed by atoms with Gasteiger partial charge in [-0.1, -0.05) is 19.9 Å². The average molecular weight is 329 g/mol. The van der Waals surface area contributed by atoms with Crippen LogP contribution >= 0.6 is 15.9 Å². The third-order valence-corrected chi connectivity index (χ3v) is 3.80. The van der Waals surface area contributed by atoms with Gasteiger partial charge < -0.3 is 14.2 Å². The van der Waals surface area contributed by atoms with E-state index in [-0.39, 0.29) is 0 Å². The summed E-state index contributed by atoms with van der Waals surface area (Å²) in [5, 5.41) is 0. The number of halogens is 1. The standard InChI is InChI=1S/C15H21BrO3/c1-11(2)13-3-4-15(14(16)7-13)19-10-12-8-17-5-6-18-9-12/h3-4,7,11-12H,5-6,8-10H2,1-2H3. The van der Waals surface area contributed by atoms with Crippen molar-refractivity contribution < 1.29 is 14.2 Å². The van der Waals surface area contributed by atoms with Crippen molar-refractivity contribution in [3.05, 3.63) is 28.2 Å². The van der Waals surface area contributed by atoms with E-state index in [2.05, 4.69) is 41.9 Å². The molecule has 106 valence electrons. The van der Waals surface area contributed by atoms with Gasteiger partial charge in [0.1, 0.15) is 5.75 Å². The largest absolute Gasteiger partial charge is 0.492 e. The predicted molar refractivity (Wildman–Crippen MR) is 78.9 cm³/mol. The molecule has 3 nitrogen and oxygen atoms in total. The van der Waals surface area contributed by atoms with E-state index in [1.807, 2.05) is 6.07 Å². The zero-order valence-corrected chi connectivity index (χ0v) is 13.1. The molecule has 1 aliphatic heterocycles. The van der Waals surface area contributed by atoms with Crippen molar-refractivity contribution in [1.82, 2.24) is 0 Å². The monoisotopic (exact) mass is 328 g/mol. The number of hydrogen-bond donors (Lipinski definition) is 0. The second-order valence-electron chi connectivity index (χ2n) is 5.17. The Morgan fingerprint density at radius 3 is 2.53 bits per heavy atom. The first-order chi connectivity index (χ1) is 9.16. The first kappa shape index (κ1) is 14.8. The number of hydrogen-bond acceptors (Lipinski definition) is 3. The van der Waals surface area contributed by atoms with E-state index in [1.165, 1.54) is 5.56 Å². The van der Waals surface area contributed by atoms with Gasteiger partial charge in [-0.3, -0.25) is 0 Å². The van der Waals surface area contributed by atoms with Gasteiger partial charge in [0.25, 0.3) is 0 Å². The molecule has 0 amide bonds. The first-order valence-corrected chi connectivity index (χ1v) is 7.54. The molecule has 0 unspecified atom stereocenters. The molecule has 1 aromatic carbocycles. The minimum atomic E-state index is 0.305. The summed E-state index contributed by atoms with van der Waals surface area (Å²) in [5.41, 5.74) is 1.31. The zero-order valence-electron chi connectivity index (χ0n) is 11.5. The van der Waals surface area contributed by atoms with Gasteiger partial charge in [-0.2, -0.15) is 0 Å². The molecule has 0 radical (unpaired) electrons. The summed E-state index contributed by atoms with van der Waals surface area (Å²) >= 11 is 3.57. The van der Waals surface area contributed by atoms with Gasteiger partial charge in [-0.25, -0.2) is 0 Å². The van der Waals surface area contributed by atoms with Crippen LogP contribution in [0.3, 0.4) is 0 Å². The van der Waals surface area contributed by atoms with Gasteiger partial charge >= 0.3 is 0 Å². The maximum Gasteiger partial charge on any atom is 0.133 e. The van der Waals surface area contributed by atoms with Crippen LogP contribution in [0.4, 0.5) is 0 Å². The number of rotatable bonds is 4. The molecular formula is C15H21BrO3. The Bertz CT molecular complexity index is 398. The fourth-order valence-corrected chi connectivity index (χ4v) is 2.47. The predicted octanol–water partition coefficient (Wildman–Crippen LogP) is 3.61. The maximum absolute atomic E-state index is 5.86. The Balaban J connectivity index is 1.91. The van der Waals surface area contributed by atoms with Crippen LogP contribution < -0.4 is 4.74 Å². The molecule has 2 rings (SSSR count). The maximum atomic E-state index is 5.86. The van der Waals surface area contributed by atoms with Crippen molar-refractivity contribution in [3.8, 4) is 5.75 Å². The van der Waals surface area contributed by atoms with Gasteiger partial charge in [0, 0.05) is 5.92 Å². The molecule has 19 heavy (non-hydrogen) atoms. The van der Waals surface area contributed by atoms with Crippen LogP contribution in [-0.4, -0.2) is 33.0 Å². The zero-order chi connectivity index (χ0) is 13.7. The summed E-state index contributed by atoms with van der Waals surface area (Å²) < 4.78 is 17.8. The third kappa shape index (κ3) is 4.48. The molecule has 0 aromatic heterocycles. The Morgan fingerprint density at radius 1 is 1.26 bits per heavy atom. The summed E-state index contributed by atoms with van der Waals surface area (Å²) in [4.78, 5) is 0. The Morgan fingerprint density at radius 2 is 1.95 bits per heavy atom. The quantitative estimate of drug-likeness (QED) is 0.844. The van der Waals surface area contributed by atoms with Crippen molar-refractivity contribution in [2.75, 3.05) is 33.0 Å². The molecule has 0 saturated carbocycles. The number of benzene rings is 1. The first-order valence-electron chi connectivity index (χ1n) is 6.74. The summed E-state index contributed by atoms with van der Waals surface area (Å²) in [7, 11) is 0. The second-order valence-corrected chi connectivity index (χ2v) is 6.03. The van der Waals surface area contributed by atoms with Crippen LogP contribution in [0, 0.1) is 5.92 Å². The van der Waals surface area contributed by atoms with E-state index in [4.69, 9.17) is 14.2 Å². The van der Waals surface area contributed by atoms with Crippen LogP contribution in [-0.2, 0) is 9.47 Å². The van der Waals surface area contributed by atoms with E-state index in [9.17, 15) is 0 Å². The third-order valence-electron chi connectivity index (χ3n) is 3.18. The van der Waals surface area contributed by atoms with E-state index in [0.717, 1.165) is 10.2 Å². The van der Waals surface area contributed by atoms with Crippen LogP contribution in [0.2, 0.25) is 0 Å². The van der Waals surface area contributed by atoms with E-state index in [0.29, 0.717) is 44.9 Å². The average Bonchev–Trinajstić information content (AvgIpc) is 2.65. The van der Waals surface area contributed by atoms with Crippen LogP contribution in [0.5, 0.6) is 5.75 Å². The summed E-state index contributed by atoms with van der Waals surface area (Å²) in [6.07, 6.45) is 0. The highest BCUT2D eigenvalue weighted by molar-refractivity contribution is 9.10. The van der Waals surface area contributed by atoms with Gasteiger partial charge in [-0.15, -0.1) is 0 Å². The highest BCUT2D eigenvalue weighted by Gasteiger charge is 2.15. The lowest BCUT2D eigenvalue weighted by Crippen LogP contribution is -2.20. The lowest BCUT2D eigenvalue weighted by atomic mass is 10.0. The fraction of sp³-hybridized carbons (Fsp3) is 0.600. The smallest absolute Gasteiger partial charge is 0.133 e. The molecule has 4 heteroatoms. The van der Waals surface area contributed by atoms with Gasteiger partial charge in [-0.05, 0) is 39.5 Å². The molecule has 1 aromatic rings. The molecule has 1 saturated heterocycles. The lowest BCUT2D eigenvalue weighted by Gasteiger charge is -2.16. The van der Waals surface area contributed by atoms with Gasteiger partial charge in [0.05, 0.1) is 37.5 Å². The topological polar surface area (TPSA) is 27.7 Å². The number of ether oxygens (including phenoxy) is 3. The van der Waals surface area contributed by atoms with E-state index < -0.39 is 0 Å². The molecule has 1 heterocycles. The minimum Gasteiger partial charge on any atom is -0.492 e. The van der Waals surface area contributed by atoms with Crippen LogP contribution in [0.15, 0.2) is 22.7 Å². The van der Waals surface area contributed by atoms with Gasteiger partial charge in [0.2, 0.25) is 0 Å². The van der Waals surface area contributed by atoms with Crippen molar-refractivity contribution in [1.29, 1.82) is 0 Å². The molecule has 0 spiro atoms. The lowest BCUT2D eigenvalue weighted by molar-refractivity contribution is 0.101. The summed E-state index contributed by atoms with van der Waals surface area (Å²) in [6.45, 7) is 7.78. The molecule has 0 aliphatic carbocycles. The Kier molecular flexibility index (Phi) is 5.67. The molecule has 0 bridgehead atoms. The second kappa shape index (κ2) is 7.27. The van der Waals surface area contributed by atoms with Crippen molar-refractivity contribution >= 4 is 15.9 Å². The molecular weight excluding hydrogens is 308 g/mol.